The fourth-order valence-electron chi connectivity index (χ4n) is 5.12. The van der Waals surface area contributed by atoms with Gasteiger partial charge in [0.15, 0.2) is 0 Å². The first-order chi connectivity index (χ1) is 18.5. The van der Waals surface area contributed by atoms with E-state index < -0.39 is 23.8 Å². The quantitative estimate of drug-likeness (QED) is 0.267. The van der Waals surface area contributed by atoms with Gasteiger partial charge in [-0.25, -0.2) is 4.79 Å². The van der Waals surface area contributed by atoms with Crippen LogP contribution < -0.4 is 10.6 Å². The van der Waals surface area contributed by atoms with Gasteiger partial charge >= 0.3 is 6.09 Å². The van der Waals surface area contributed by atoms with Crippen LogP contribution in [0.4, 0.5) is 4.79 Å². The van der Waals surface area contributed by atoms with Gasteiger partial charge in [-0.2, -0.15) is 0 Å². The van der Waals surface area contributed by atoms with E-state index in [9.17, 15) is 14.4 Å². The van der Waals surface area contributed by atoms with Gasteiger partial charge in [0, 0.05) is 12.6 Å². The minimum Gasteiger partial charge on any atom is -0.444 e. The van der Waals surface area contributed by atoms with Gasteiger partial charge in [0.05, 0.1) is 0 Å². The van der Waals surface area contributed by atoms with Gasteiger partial charge in [-0.15, -0.1) is 0 Å². The molecule has 1 fully saturated rings. The fourth-order valence-corrected chi connectivity index (χ4v) is 5.12. The molecule has 1 aliphatic carbocycles. The average Bonchev–Trinajstić information content (AvgIpc) is 2.88. The van der Waals surface area contributed by atoms with Crippen molar-refractivity contribution in [2.75, 3.05) is 6.54 Å². The molecule has 0 heterocycles. The highest BCUT2D eigenvalue weighted by molar-refractivity contribution is 5.92. The second-order valence-corrected chi connectivity index (χ2v) is 12.3. The molecular weight excluding hydrogens is 490 g/mol. The summed E-state index contributed by atoms with van der Waals surface area (Å²) in [5, 5.41) is 6.14. The van der Waals surface area contributed by atoms with Gasteiger partial charge in [0.25, 0.3) is 0 Å². The Hall–Kier alpha value is -2.57. The number of hydrogen-bond donors (Lipinski definition) is 2. The fraction of sp³-hybridized carbons (Fsp3) is 0.719. The van der Waals surface area contributed by atoms with Crippen molar-refractivity contribution in [2.45, 2.75) is 136 Å². The lowest BCUT2D eigenvalue weighted by Gasteiger charge is -2.37. The van der Waals surface area contributed by atoms with E-state index in [4.69, 9.17) is 4.74 Å². The van der Waals surface area contributed by atoms with Crippen LogP contribution in [-0.4, -0.2) is 47.0 Å². The zero-order chi connectivity index (χ0) is 29.0. The van der Waals surface area contributed by atoms with Crippen LogP contribution in [0.5, 0.6) is 0 Å². The molecule has 7 nitrogen and oxygen atoms in total. The maximum atomic E-state index is 14.4. The molecule has 0 spiro atoms. The highest BCUT2D eigenvalue weighted by atomic mass is 16.6. The van der Waals surface area contributed by atoms with E-state index in [1.54, 1.807) is 25.7 Å². The summed E-state index contributed by atoms with van der Waals surface area (Å²) in [6.07, 6.45) is 9.32. The van der Waals surface area contributed by atoms with Crippen LogP contribution in [0.25, 0.3) is 0 Å². The second kappa shape index (κ2) is 15.9. The van der Waals surface area contributed by atoms with Gasteiger partial charge in [-0.3, -0.25) is 9.59 Å². The maximum Gasteiger partial charge on any atom is 0.408 e. The maximum absolute atomic E-state index is 14.4. The Morgan fingerprint density at radius 1 is 1.00 bits per heavy atom. The van der Waals surface area contributed by atoms with E-state index >= 15 is 0 Å². The van der Waals surface area contributed by atoms with E-state index in [2.05, 4.69) is 17.6 Å². The standard InChI is InChI=1S/C32H53N3O4/c1-8-10-11-15-22-35(30(37)27(24(4)9-2)34-31(38)39-32(5,6)7)28(25-20-18-23(3)19-21-25)29(36)33-26-16-13-12-14-17-26/h18-21,24,26-28H,8-17,22H2,1-7H3,(H,33,36)(H,34,38). The summed E-state index contributed by atoms with van der Waals surface area (Å²) in [7, 11) is 0. The van der Waals surface area contributed by atoms with Gasteiger partial charge in [-0.1, -0.05) is 95.5 Å². The van der Waals surface area contributed by atoms with Crippen LogP contribution in [-0.2, 0) is 14.3 Å². The molecule has 2 rings (SSSR count). The Kier molecular flexibility index (Phi) is 13.3. The molecule has 0 radical (unpaired) electrons. The minimum atomic E-state index is -0.800. The smallest absolute Gasteiger partial charge is 0.408 e. The second-order valence-electron chi connectivity index (χ2n) is 12.3. The molecule has 1 aromatic rings. The zero-order valence-corrected chi connectivity index (χ0v) is 25.5. The number of carbonyl (C=O) groups excluding carboxylic acids is 3. The van der Waals surface area contributed by atoms with Gasteiger partial charge < -0.3 is 20.3 Å². The van der Waals surface area contributed by atoms with E-state index in [1.807, 2.05) is 45.0 Å². The molecule has 220 valence electrons. The number of unbranched alkanes of at least 4 members (excludes halogenated alkanes) is 3. The third-order valence-electron chi connectivity index (χ3n) is 7.59. The van der Waals surface area contributed by atoms with Crippen LogP contribution in [0.2, 0.25) is 0 Å². The van der Waals surface area contributed by atoms with Gasteiger partial charge in [-0.05, 0) is 58.4 Å². The summed E-state index contributed by atoms with van der Waals surface area (Å²) in [4.78, 5) is 42.9. The Morgan fingerprint density at radius 2 is 1.64 bits per heavy atom. The summed E-state index contributed by atoms with van der Waals surface area (Å²) in [5.74, 6) is -0.519. The number of aryl methyl sites for hydroxylation is 1. The average molecular weight is 544 g/mol. The molecule has 1 aliphatic rings. The van der Waals surface area contributed by atoms with E-state index in [0.29, 0.717) is 13.0 Å². The topological polar surface area (TPSA) is 87.7 Å². The highest BCUT2D eigenvalue weighted by Gasteiger charge is 2.38. The molecule has 7 heteroatoms. The number of alkyl carbamates (subject to hydrolysis) is 1. The summed E-state index contributed by atoms with van der Waals surface area (Å²) in [6, 6.07) is 6.43. The van der Waals surface area contributed by atoms with Crippen molar-refractivity contribution < 1.29 is 19.1 Å². The summed E-state index contributed by atoms with van der Waals surface area (Å²) in [6.45, 7) is 14.0. The first kappa shape index (κ1) is 32.6. The number of ether oxygens (including phenoxy) is 1. The van der Waals surface area contributed by atoms with Gasteiger partial charge in [0.2, 0.25) is 11.8 Å². The number of nitrogens with zero attached hydrogens (tertiary/aromatic N) is 1. The number of rotatable bonds is 13. The lowest BCUT2D eigenvalue weighted by molar-refractivity contribution is -0.144. The number of amides is 3. The Balaban J connectivity index is 2.46. The minimum absolute atomic E-state index is 0.126. The number of nitrogens with one attached hydrogen (secondary N) is 2. The first-order valence-corrected chi connectivity index (χ1v) is 15.1. The van der Waals surface area contributed by atoms with E-state index in [1.165, 1.54) is 6.42 Å². The Bertz CT molecular complexity index is 903. The van der Waals surface area contributed by atoms with E-state index in [0.717, 1.165) is 62.5 Å². The molecular formula is C32H53N3O4. The lowest BCUT2D eigenvalue weighted by atomic mass is 9.93. The van der Waals surface area contributed by atoms with Crippen LogP contribution in [0.1, 0.15) is 123 Å². The Morgan fingerprint density at radius 3 is 2.21 bits per heavy atom. The van der Waals surface area contributed by atoms with Crippen molar-refractivity contribution in [2.24, 2.45) is 5.92 Å². The van der Waals surface area contributed by atoms with Crippen molar-refractivity contribution in [3.05, 3.63) is 35.4 Å². The first-order valence-electron chi connectivity index (χ1n) is 15.1. The molecule has 0 bridgehead atoms. The van der Waals surface area contributed by atoms with Crippen LogP contribution >= 0.6 is 0 Å². The van der Waals surface area contributed by atoms with Crippen molar-refractivity contribution in [1.82, 2.24) is 15.5 Å². The predicted molar refractivity (Wildman–Crippen MR) is 157 cm³/mol. The number of benzene rings is 1. The van der Waals surface area contributed by atoms with Crippen molar-refractivity contribution in [1.29, 1.82) is 0 Å². The number of hydrogen-bond acceptors (Lipinski definition) is 4. The summed E-state index contributed by atoms with van der Waals surface area (Å²) in [5.41, 5.74) is 1.20. The highest BCUT2D eigenvalue weighted by Crippen LogP contribution is 2.27. The largest absolute Gasteiger partial charge is 0.444 e. The monoisotopic (exact) mass is 543 g/mol. The van der Waals surface area contributed by atoms with Crippen molar-refractivity contribution >= 4 is 17.9 Å². The summed E-state index contributed by atoms with van der Waals surface area (Å²) >= 11 is 0. The molecule has 3 unspecified atom stereocenters. The Labute approximate surface area is 236 Å². The third kappa shape index (κ3) is 10.8. The van der Waals surface area contributed by atoms with Crippen LogP contribution in [0, 0.1) is 12.8 Å². The van der Waals surface area contributed by atoms with Crippen LogP contribution in [0.3, 0.4) is 0 Å². The van der Waals surface area contributed by atoms with Crippen molar-refractivity contribution in [3.8, 4) is 0 Å². The predicted octanol–water partition coefficient (Wildman–Crippen LogP) is 6.83. The molecule has 0 aromatic heterocycles. The van der Waals surface area contributed by atoms with E-state index in [-0.39, 0.29) is 23.8 Å². The molecule has 39 heavy (non-hydrogen) atoms. The zero-order valence-electron chi connectivity index (χ0n) is 25.5. The van der Waals surface area contributed by atoms with Crippen LogP contribution in [0.15, 0.2) is 24.3 Å². The normalized spacial score (nSPS) is 16.6. The molecule has 1 aromatic carbocycles. The van der Waals surface area contributed by atoms with Gasteiger partial charge in [0.1, 0.15) is 17.7 Å². The molecule has 1 saturated carbocycles. The number of carbonyl (C=O) groups is 3. The molecule has 3 atom stereocenters. The summed E-state index contributed by atoms with van der Waals surface area (Å²) < 4.78 is 5.51. The SMILES string of the molecule is CCCCCCN(C(=O)C(NC(=O)OC(C)(C)C)C(C)CC)C(C(=O)NC1CCCCC1)c1ccc(C)cc1. The molecule has 2 N–H and O–H groups in total. The molecule has 0 saturated heterocycles. The molecule has 0 aliphatic heterocycles. The lowest BCUT2D eigenvalue weighted by Crippen LogP contribution is -2.56. The third-order valence-corrected chi connectivity index (χ3v) is 7.59. The van der Waals surface area contributed by atoms with Crippen molar-refractivity contribution in [3.63, 3.8) is 0 Å². The molecule has 3 amide bonds.